The second-order valence-corrected chi connectivity index (χ2v) is 9.32. The maximum Gasteiger partial charge on any atom is 0.194 e. The molecule has 1 N–H and O–H groups in total. The van der Waals surface area contributed by atoms with E-state index in [9.17, 15) is 0 Å². The Morgan fingerprint density at radius 1 is 1.31 bits per heavy atom. The second kappa shape index (κ2) is 11.3. The van der Waals surface area contributed by atoms with Crippen LogP contribution in [0.2, 0.25) is 0 Å². The molecule has 1 saturated heterocycles. The predicted octanol–water partition coefficient (Wildman–Crippen LogP) is 4.67. The number of rotatable bonds is 6. The average molecular weight is 529 g/mol. The van der Waals surface area contributed by atoms with Crippen LogP contribution in [-0.4, -0.2) is 42.6 Å². The largest absolute Gasteiger partial charge is 0.376 e. The van der Waals surface area contributed by atoms with Gasteiger partial charge in [-0.2, -0.15) is 0 Å². The van der Waals surface area contributed by atoms with E-state index in [4.69, 9.17) is 9.72 Å². The molecule has 1 unspecified atom stereocenters. The number of guanidine groups is 1. The fraction of sp³-hybridized carbons (Fsp3) is 0.545. The van der Waals surface area contributed by atoms with Crippen molar-refractivity contribution in [1.29, 1.82) is 0 Å². The highest BCUT2D eigenvalue weighted by Gasteiger charge is 2.25. The first-order valence-corrected chi connectivity index (χ1v) is 10.9. The zero-order valence-corrected chi connectivity index (χ0v) is 21.0. The van der Waals surface area contributed by atoms with E-state index < -0.39 is 0 Å². The molecule has 0 bridgehead atoms. The Labute approximate surface area is 196 Å². The summed E-state index contributed by atoms with van der Waals surface area (Å²) in [5, 5.41) is 6.75. The summed E-state index contributed by atoms with van der Waals surface area (Å²) >= 11 is 1.71. The number of nitrogens with zero attached hydrogens (tertiary/aromatic N) is 3. The molecule has 2 aromatic rings. The van der Waals surface area contributed by atoms with E-state index in [2.05, 4.69) is 65.6 Å². The highest BCUT2D eigenvalue weighted by Crippen LogP contribution is 2.24. The van der Waals surface area contributed by atoms with Crippen molar-refractivity contribution in [1.82, 2.24) is 15.2 Å². The van der Waals surface area contributed by atoms with Crippen LogP contribution < -0.4 is 5.32 Å². The van der Waals surface area contributed by atoms with Crippen LogP contribution in [0.15, 0.2) is 40.7 Å². The summed E-state index contributed by atoms with van der Waals surface area (Å²) in [6.07, 6.45) is 1.14. The minimum Gasteiger partial charge on any atom is -0.376 e. The van der Waals surface area contributed by atoms with Crippen LogP contribution in [0.5, 0.6) is 0 Å². The number of aliphatic imine (C=N–C) groups is 1. The number of likely N-dealkylation sites (tertiary alicyclic amines) is 1. The van der Waals surface area contributed by atoms with Crippen LogP contribution in [0.4, 0.5) is 0 Å². The molecule has 0 amide bonds. The van der Waals surface area contributed by atoms with Crippen molar-refractivity contribution in [3.8, 4) is 0 Å². The lowest BCUT2D eigenvalue weighted by Gasteiger charge is -2.21. The molecule has 2 heterocycles. The Morgan fingerprint density at radius 3 is 2.72 bits per heavy atom. The Hall–Kier alpha value is -1.19. The molecule has 0 radical (unpaired) electrons. The van der Waals surface area contributed by atoms with Crippen molar-refractivity contribution in [3.63, 3.8) is 0 Å². The van der Waals surface area contributed by atoms with Gasteiger partial charge in [0, 0.05) is 36.9 Å². The van der Waals surface area contributed by atoms with Crippen molar-refractivity contribution >= 4 is 41.3 Å². The summed E-state index contributed by atoms with van der Waals surface area (Å²) in [5.74, 6) is 1.51. The lowest BCUT2D eigenvalue weighted by atomic mass is 9.93. The van der Waals surface area contributed by atoms with E-state index in [1.54, 1.807) is 11.3 Å². The van der Waals surface area contributed by atoms with Crippen molar-refractivity contribution in [2.75, 3.05) is 26.7 Å². The molecule has 0 spiro atoms. The maximum absolute atomic E-state index is 5.93. The fourth-order valence-electron chi connectivity index (χ4n) is 3.30. The first-order chi connectivity index (χ1) is 13.5. The van der Waals surface area contributed by atoms with Gasteiger partial charge in [-0.3, -0.25) is 4.99 Å². The van der Waals surface area contributed by atoms with E-state index in [0.29, 0.717) is 12.5 Å². The summed E-state index contributed by atoms with van der Waals surface area (Å²) in [4.78, 5) is 11.6. The number of hydrogen-bond acceptors (Lipinski definition) is 4. The first kappa shape index (κ1) is 24.1. The highest BCUT2D eigenvalue weighted by atomic mass is 127. The minimum absolute atomic E-state index is 0. The quantitative estimate of drug-likeness (QED) is 0.336. The highest BCUT2D eigenvalue weighted by molar-refractivity contribution is 14.0. The van der Waals surface area contributed by atoms with Crippen LogP contribution in [0.25, 0.3) is 0 Å². The molecule has 0 aliphatic carbocycles. The topological polar surface area (TPSA) is 49.8 Å². The minimum atomic E-state index is 0. The summed E-state index contributed by atoms with van der Waals surface area (Å²) in [5.41, 5.74) is 2.48. The number of thiazole rings is 1. The summed E-state index contributed by atoms with van der Waals surface area (Å²) < 4.78 is 5.93. The van der Waals surface area contributed by atoms with Crippen LogP contribution in [0.1, 0.15) is 43.5 Å². The number of ether oxygens (including phenoxy) is 1. The van der Waals surface area contributed by atoms with Crippen LogP contribution >= 0.6 is 35.3 Å². The molecule has 1 aromatic carbocycles. The van der Waals surface area contributed by atoms with E-state index in [1.165, 1.54) is 5.56 Å². The molecule has 1 fully saturated rings. The van der Waals surface area contributed by atoms with Crippen molar-refractivity contribution in [2.45, 2.75) is 45.8 Å². The fourth-order valence-corrected chi connectivity index (χ4v) is 4.26. The Balaban J connectivity index is 0.00000300. The third-order valence-electron chi connectivity index (χ3n) is 4.98. The summed E-state index contributed by atoms with van der Waals surface area (Å²) in [6, 6.07) is 10.4. The molecule has 29 heavy (non-hydrogen) atoms. The first-order valence-electron chi connectivity index (χ1n) is 9.98. The number of halogens is 1. The van der Waals surface area contributed by atoms with Gasteiger partial charge >= 0.3 is 0 Å². The van der Waals surface area contributed by atoms with Gasteiger partial charge in [-0.25, -0.2) is 4.98 Å². The van der Waals surface area contributed by atoms with Crippen LogP contribution in [0.3, 0.4) is 0 Å². The molecular weight excluding hydrogens is 495 g/mol. The molecule has 1 aromatic heterocycles. The number of hydrogen-bond donors (Lipinski definition) is 1. The van der Waals surface area contributed by atoms with Crippen molar-refractivity contribution < 1.29 is 4.74 Å². The third-order valence-corrected chi connectivity index (χ3v) is 5.83. The van der Waals surface area contributed by atoms with Gasteiger partial charge in [0.2, 0.25) is 0 Å². The molecular formula is C22H33IN4OS. The van der Waals surface area contributed by atoms with Crippen LogP contribution in [-0.2, 0) is 23.3 Å². The van der Waals surface area contributed by atoms with Crippen molar-refractivity contribution in [3.05, 3.63) is 52.0 Å². The van der Waals surface area contributed by atoms with Gasteiger partial charge in [0.05, 0.1) is 25.5 Å². The zero-order chi connectivity index (χ0) is 20.0. The van der Waals surface area contributed by atoms with E-state index >= 15 is 0 Å². The Kier molecular flexibility index (Phi) is 9.36. The van der Waals surface area contributed by atoms with Gasteiger partial charge in [0.1, 0.15) is 5.01 Å². The van der Waals surface area contributed by atoms with Gasteiger partial charge in [-0.05, 0) is 12.0 Å². The predicted molar refractivity (Wildman–Crippen MR) is 132 cm³/mol. The van der Waals surface area contributed by atoms with E-state index in [-0.39, 0.29) is 29.4 Å². The van der Waals surface area contributed by atoms with Crippen molar-refractivity contribution in [2.24, 2.45) is 10.9 Å². The SMILES string of the molecule is CN=C(NCc1nc(C(C)(C)C)cs1)N1CCC(COCc2ccccc2)C1.I. The van der Waals surface area contributed by atoms with Gasteiger partial charge in [-0.15, -0.1) is 35.3 Å². The average Bonchev–Trinajstić information content (AvgIpc) is 3.33. The second-order valence-electron chi connectivity index (χ2n) is 8.38. The molecule has 0 saturated carbocycles. The van der Waals surface area contributed by atoms with Gasteiger partial charge < -0.3 is 15.0 Å². The molecule has 1 atom stereocenters. The van der Waals surface area contributed by atoms with E-state index in [0.717, 1.165) is 49.3 Å². The van der Waals surface area contributed by atoms with Gasteiger partial charge in [0.25, 0.3) is 0 Å². The molecule has 1 aliphatic rings. The summed E-state index contributed by atoms with van der Waals surface area (Å²) in [7, 11) is 1.85. The summed E-state index contributed by atoms with van der Waals surface area (Å²) in [6.45, 7) is 10.8. The van der Waals surface area contributed by atoms with Gasteiger partial charge in [-0.1, -0.05) is 51.1 Å². The third kappa shape index (κ3) is 7.22. The number of nitrogens with one attached hydrogen (secondary N) is 1. The maximum atomic E-state index is 5.93. The van der Waals surface area contributed by atoms with Gasteiger partial charge in [0.15, 0.2) is 5.96 Å². The molecule has 7 heteroatoms. The molecule has 3 rings (SSSR count). The monoisotopic (exact) mass is 528 g/mol. The number of aromatic nitrogens is 1. The number of benzene rings is 1. The Morgan fingerprint density at radius 2 is 2.07 bits per heavy atom. The zero-order valence-electron chi connectivity index (χ0n) is 17.9. The van der Waals surface area contributed by atoms with E-state index in [1.807, 2.05) is 13.1 Å². The normalized spacial score (nSPS) is 17.3. The molecule has 5 nitrogen and oxygen atoms in total. The molecule has 160 valence electrons. The Bertz CT molecular complexity index is 773. The lowest BCUT2D eigenvalue weighted by Crippen LogP contribution is -2.39. The standard InChI is InChI=1S/C22H32N4OS.HI/c1-22(2,3)19-16-28-20(25-19)12-24-21(23-4)26-11-10-18(13-26)15-27-14-17-8-6-5-7-9-17;/h5-9,16,18H,10-15H2,1-4H3,(H,23,24);1H. The smallest absolute Gasteiger partial charge is 0.194 e. The van der Waals surface area contributed by atoms with Crippen LogP contribution in [0, 0.1) is 5.92 Å². The molecule has 1 aliphatic heterocycles. The lowest BCUT2D eigenvalue weighted by molar-refractivity contribution is 0.0906.